The fraction of sp³-hybridized carbons (Fsp3) is 0.421. The van der Waals surface area contributed by atoms with Gasteiger partial charge in [0, 0.05) is 30.9 Å². The molecule has 6 nitrogen and oxygen atoms in total. The van der Waals surface area contributed by atoms with E-state index in [2.05, 4.69) is 43.4 Å². The molecule has 2 aromatic rings. The van der Waals surface area contributed by atoms with E-state index >= 15 is 0 Å². The average Bonchev–Trinajstić information content (AvgIpc) is 3.04. The van der Waals surface area contributed by atoms with Crippen LogP contribution in [0.3, 0.4) is 0 Å². The molecule has 0 bridgehead atoms. The third-order valence-electron chi connectivity index (χ3n) is 3.88. The zero-order valence-electron chi connectivity index (χ0n) is 15.2. The van der Waals surface area contributed by atoms with Crippen molar-refractivity contribution in [2.24, 2.45) is 0 Å². The molecular weight excluding hydrogens is 316 g/mol. The number of rotatable bonds is 6. The predicted octanol–water partition coefficient (Wildman–Crippen LogP) is 2.88. The summed E-state index contributed by atoms with van der Waals surface area (Å²) in [7, 11) is 0. The average molecular weight is 342 g/mol. The van der Waals surface area contributed by atoms with Gasteiger partial charge in [0.1, 0.15) is 0 Å². The van der Waals surface area contributed by atoms with E-state index in [1.807, 2.05) is 35.1 Å². The van der Waals surface area contributed by atoms with E-state index < -0.39 is 11.8 Å². The second-order valence-corrected chi connectivity index (χ2v) is 6.62. The molecule has 2 rings (SSSR count). The molecule has 1 aromatic heterocycles. The summed E-state index contributed by atoms with van der Waals surface area (Å²) in [6, 6.07) is 9.74. The van der Waals surface area contributed by atoms with Gasteiger partial charge in [0.15, 0.2) is 0 Å². The zero-order valence-corrected chi connectivity index (χ0v) is 15.2. The molecule has 0 unspecified atom stereocenters. The van der Waals surface area contributed by atoms with Crippen molar-refractivity contribution in [2.75, 3.05) is 11.9 Å². The summed E-state index contributed by atoms with van der Waals surface area (Å²) in [5.74, 6) is -0.941. The lowest BCUT2D eigenvalue weighted by Crippen LogP contribution is -2.36. The van der Waals surface area contributed by atoms with Gasteiger partial charge in [0.2, 0.25) is 0 Å². The van der Waals surface area contributed by atoms with Gasteiger partial charge in [-0.15, -0.1) is 0 Å². The van der Waals surface area contributed by atoms with Crippen molar-refractivity contribution in [3.05, 3.63) is 47.8 Å². The highest BCUT2D eigenvalue weighted by Gasteiger charge is 2.14. The van der Waals surface area contributed by atoms with Gasteiger partial charge in [-0.05, 0) is 43.5 Å². The third-order valence-corrected chi connectivity index (χ3v) is 3.88. The van der Waals surface area contributed by atoms with Gasteiger partial charge >= 0.3 is 11.8 Å². The fourth-order valence-electron chi connectivity index (χ4n) is 2.35. The van der Waals surface area contributed by atoms with E-state index in [0.717, 1.165) is 11.3 Å². The summed E-state index contributed by atoms with van der Waals surface area (Å²) in [5.41, 5.74) is 2.63. The van der Waals surface area contributed by atoms with Crippen molar-refractivity contribution in [3.63, 3.8) is 0 Å². The first-order valence-corrected chi connectivity index (χ1v) is 8.60. The second kappa shape index (κ2) is 8.46. The maximum absolute atomic E-state index is 12.0. The van der Waals surface area contributed by atoms with Gasteiger partial charge in [0.25, 0.3) is 0 Å². The Morgan fingerprint density at radius 3 is 2.52 bits per heavy atom. The highest BCUT2D eigenvalue weighted by atomic mass is 16.2. The summed E-state index contributed by atoms with van der Waals surface area (Å²) in [5, 5.41) is 9.67. The number of carbonyl (C=O) groups excluding carboxylic acids is 2. The summed E-state index contributed by atoms with van der Waals surface area (Å²) < 4.78 is 1.87. The zero-order chi connectivity index (χ0) is 18.4. The Balaban J connectivity index is 1.82. The Labute approximate surface area is 148 Å². The fourth-order valence-corrected chi connectivity index (χ4v) is 2.35. The number of nitrogens with one attached hydrogen (secondary N) is 2. The van der Waals surface area contributed by atoms with E-state index in [1.165, 1.54) is 0 Å². The number of hydrogen-bond donors (Lipinski definition) is 2. The van der Waals surface area contributed by atoms with Crippen molar-refractivity contribution in [1.82, 2.24) is 15.1 Å². The SMILES string of the molecule is CC(C)c1cccc(NC(=O)C(=O)NCCc2ccn(C(C)C)n2)c1. The molecule has 0 aliphatic rings. The Kier molecular flexibility index (Phi) is 6.33. The Bertz CT molecular complexity index is 735. The summed E-state index contributed by atoms with van der Waals surface area (Å²) in [6.07, 6.45) is 2.50. The maximum Gasteiger partial charge on any atom is 0.313 e. The number of hydrogen-bond acceptors (Lipinski definition) is 3. The number of anilines is 1. The smallest absolute Gasteiger partial charge is 0.313 e. The lowest BCUT2D eigenvalue weighted by Gasteiger charge is -2.09. The highest BCUT2D eigenvalue weighted by Crippen LogP contribution is 2.18. The van der Waals surface area contributed by atoms with Gasteiger partial charge < -0.3 is 10.6 Å². The molecule has 134 valence electrons. The molecular formula is C19H26N4O2. The minimum atomic E-state index is -0.659. The first-order chi connectivity index (χ1) is 11.9. The molecule has 1 heterocycles. The quantitative estimate of drug-likeness (QED) is 0.793. The topological polar surface area (TPSA) is 76.0 Å². The van der Waals surface area contributed by atoms with Crippen molar-refractivity contribution in [2.45, 2.75) is 46.1 Å². The molecule has 0 atom stereocenters. The number of nitrogens with zero attached hydrogens (tertiary/aromatic N) is 2. The van der Waals surface area contributed by atoms with Crippen LogP contribution in [0.15, 0.2) is 36.5 Å². The molecule has 1 aromatic carbocycles. The van der Waals surface area contributed by atoms with Gasteiger partial charge in [-0.25, -0.2) is 0 Å². The molecule has 0 fully saturated rings. The number of carbonyl (C=O) groups is 2. The molecule has 0 saturated carbocycles. The minimum Gasteiger partial charge on any atom is -0.347 e. The predicted molar refractivity (Wildman–Crippen MR) is 98.5 cm³/mol. The van der Waals surface area contributed by atoms with Crippen LogP contribution in [0.2, 0.25) is 0 Å². The summed E-state index contributed by atoms with van der Waals surface area (Å²) in [6.45, 7) is 8.63. The number of aromatic nitrogens is 2. The maximum atomic E-state index is 12.0. The van der Waals surface area contributed by atoms with Gasteiger partial charge in [-0.3, -0.25) is 14.3 Å². The van der Waals surface area contributed by atoms with Crippen LogP contribution in [0.1, 0.15) is 50.9 Å². The van der Waals surface area contributed by atoms with Crippen LogP contribution in [0, 0.1) is 0 Å². The standard InChI is InChI=1S/C19H26N4O2/c1-13(2)15-6-5-7-17(12-15)21-19(25)18(24)20-10-8-16-9-11-23(22-16)14(3)4/h5-7,9,11-14H,8,10H2,1-4H3,(H,20,24)(H,21,25). The normalized spacial score (nSPS) is 11.0. The summed E-state index contributed by atoms with van der Waals surface area (Å²) in [4.78, 5) is 23.9. The van der Waals surface area contributed by atoms with Crippen LogP contribution in [0.4, 0.5) is 5.69 Å². The summed E-state index contributed by atoms with van der Waals surface area (Å²) >= 11 is 0. The molecule has 0 radical (unpaired) electrons. The van der Waals surface area contributed by atoms with E-state index in [-0.39, 0.29) is 0 Å². The van der Waals surface area contributed by atoms with Crippen molar-refractivity contribution >= 4 is 17.5 Å². The lowest BCUT2D eigenvalue weighted by atomic mass is 10.0. The van der Waals surface area contributed by atoms with E-state index in [9.17, 15) is 9.59 Å². The molecule has 0 aliphatic carbocycles. The third kappa shape index (κ3) is 5.45. The molecule has 0 aliphatic heterocycles. The van der Waals surface area contributed by atoms with Crippen LogP contribution in [0.25, 0.3) is 0 Å². The highest BCUT2D eigenvalue weighted by molar-refractivity contribution is 6.39. The second-order valence-electron chi connectivity index (χ2n) is 6.62. The molecule has 0 saturated heterocycles. The van der Waals surface area contributed by atoms with Crippen LogP contribution in [-0.2, 0) is 16.0 Å². The monoisotopic (exact) mass is 342 g/mol. The first kappa shape index (κ1) is 18.7. The van der Waals surface area contributed by atoms with E-state index in [1.54, 1.807) is 6.07 Å². The Morgan fingerprint density at radius 2 is 1.88 bits per heavy atom. The van der Waals surface area contributed by atoms with E-state index in [4.69, 9.17) is 0 Å². The molecule has 6 heteroatoms. The van der Waals surface area contributed by atoms with Crippen molar-refractivity contribution in [3.8, 4) is 0 Å². The van der Waals surface area contributed by atoms with Crippen LogP contribution in [0.5, 0.6) is 0 Å². The Hall–Kier alpha value is -2.63. The van der Waals surface area contributed by atoms with Crippen molar-refractivity contribution in [1.29, 1.82) is 0 Å². The largest absolute Gasteiger partial charge is 0.347 e. The number of benzene rings is 1. The minimum absolute atomic E-state index is 0.302. The molecule has 25 heavy (non-hydrogen) atoms. The van der Waals surface area contributed by atoms with Gasteiger partial charge in [-0.2, -0.15) is 5.10 Å². The van der Waals surface area contributed by atoms with Gasteiger partial charge in [0.05, 0.1) is 5.69 Å². The van der Waals surface area contributed by atoms with Crippen molar-refractivity contribution < 1.29 is 9.59 Å². The number of amides is 2. The first-order valence-electron chi connectivity index (χ1n) is 8.60. The molecule has 0 spiro atoms. The van der Waals surface area contributed by atoms with Crippen LogP contribution >= 0.6 is 0 Å². The van der Waals surface area contributed by atoms with Gasteiger partial charge in [-0.1, -0.05) is 26.0 Å². The van der Waals surface area contributed by atoms with Crippen LogP contribution < -0.4 is 10.6 Å². The Morgan fingerprint density at radius 1 is 1.12 bits per heavy atom. The molecule has 2 amide bonds. The molecule has 2 N–H and O–H groups in total. The lowest BCUT2D eigenvalue weighted by molar-refractivity contribution is -0.136. The van der Waals surface area contributed by atoms with E-state index in [0.29, 0.717) is 30.6 Å². The van der Waals surface area contributed by atoms with Crippen LogP contribution in [-0.4, -0.2) is 28.1 Å².